The third-order valence-electron chi connectivity index (χ3n) is 3.52. The molecular formula is C15H22ClN3O. The van der Waals surface area contributed by atoms with Gasteiger partial charge in [0, 0.05) is 32.7 Å². The lowest BCUT2D eigenvalue weighted by atomic mass is 10.1. The number of hydrogen-bond acceptors (Lipinski definition) is 3. The molecule has 110 valence electrons. The number of benzene rings is 1. The molecule has 1 aliphatic heterocycles. The van der Waals surface area contributed by atoms with Crippen molar-refractivity contribution < 1.29 is 4.79 Å². The van der Waals surface area contributed by atoms with Crippen LogP contribution in [0.3, 0.4) is 0 Å². The van der Waals surface area contributed by atoms with Crippen LogP contribution in [0.2, 0.25) is 5.02 Å². The van der Waals surface area contributed by atoms with Gasteiger partial charge in [-0.3, -0.25) is 4.79 Å². The van der Waals surface area contributed by atoms with Crippen LogP contribution >= 0.6 is 11.6 Å². The Kier molecular flexibility index (Phi) is 4.89. The SMILES string of the molecule is CC(C)NCc1ccc(N2CCN(C)C(=O)C2)c(Cl)c1. The van der Waals surface area contributed by atoms with Crippen LogP contribution in [0.4, 0.5) is 5.69 Å². The molecular weight excluding hydrogens is 274 g/mol. The van der Waals surface area contributed by atoms with Gasteiger partial charge in [-0.05, 0) is 17.7 Å². The third-order valence-corrected chi connectivity index (χ3v) is 3.83. The molecule has 1 fully saturated rings. The number of hydrogen-bond donors (Lipinski definition) is 1. The highest BCUT2D eigenvalue weighted by Crippen LogP contribution is 2.27. The quantitative estimate of drug-likeness (QED) is 0.924. The van der Waals surface area contributed by atoms with Gasteiger partial charge in [0.1, 0.15) is 0 Å². The van der Waals surface area contributed by atoms with Gasteiger partial charge in [0.25, 0.3) is 0 Å². The highest BCUT2D eigenvalue weighted by atomic mass is 35.5. The summed E-state index contributed by atoms with van der Waals surface area (Å²) >= 11 is 6.37. The monoisotopic (exact) mass is 295 g/mol. The van der Waals surface area contributed by atoms with Gasteiger partial charge in [-0.15, -0.1) is 0 Å². The van der Waals surface area contributed by atoms with Crippen molar-refractivity contribution in [3.05, 3.63) is 28.8 Å². The van der Waals surface area contributed by atoms with Crippen LogP contribution in [-0.2, 0) is 11.3 Å². The molecule has 0 saturated carbocycles. The van der Waals surface area contributed by atoms with Crippen molar-refractivity contribution in [3.8, 4) is 0 Å². The number of amides is 1. The van der Waals surface area contributed by atoms with Gasteiger partial charge in [0.15, 0.2) is 0 Å². The van der Waals surface area contributed by atoms with E-state index in [1.54, 1.807) is 4.90 Å². The van der Waals surface area contributed by atoms with Crippen molar-refractivity contribution in [2.75, 3.05) is 31.6 Å². The van der Waals surface area contributed by atoms with Crippen molar-refractivity contribution in [1.29, 1.82) is 0 Å². The topological polar surface area (TPSA) is 35.6 Å². The Labute approximate surface area is 125 Å². The summed E-state index contributed by atoms with van der Waals surface area (Å²) in [5.74, 6) is 0.137. The Hall–Kier alpha value is -1.26. The molecule has 0 radical (unpaired) electrons. The van der Waals surface area contributed by atoms with Gasteiger partial charge in [0.2, 0.25) is 5.91 Å². The maximum atomic E-state index is 11.8. The zero-order valence-electron chi connectivity index (χ0n) is 12.3. The van der Waals surface area contributed by atoms with Crippen LogP contribution in [0.1, 0.15) is 19.4 Å². The number of anilines is 1. The number of nitrogens with zero attached hydrogens (tertiary/aromatic N) is 2. The van der Waals surface area contributed by atoms with Crippen molar-refractivity contribution in [3.63, 3.8) is 0 Å². The minimum Gasteiger partial charge on any atom is -0.359 e. The van der Waals surface area contributed by atoms with Gasteiger partial charge in [-0.25, -0.2) is 0 Å². The summed E-state index contributed by atoms with van der Waals surface area (Å²) in [6.07, 6.45) is 0. The van der Waals surface area contributed by atoms with Crippen LogP contribution in [0, 0.1) is 0 Å². The van der Waals surface area contributed by atoms with Gasteiger partial charge in [0.05, 0.1) is 17.3 Å². The van der Waals surface area contributed by atoms with Gasteiger partial charge in [-0.1, -0.05) is 31.5 Å². The molecule has 0 unspecified atom stereocenters. The molecule has 0 bridgehead atoms. The van der Waals surface area contributed by atoms with Crippen LogP contribution < -0.4 is 10.2 Å². The summed E-state index contributed by atoms with van der Waals surface area (Å²) in [7, 11) is 1.84. The smallest absolute Gasteiger partial charge is 0.241 e. The zero-order valence-corrected chi connectivity index (χ0v) is 13.1. The lowest BCUT2D eigenvalue weighted by Gasteiger charge is -2.34. The van der Waals surface area contributed by atoms with Crippen LogP contribution in [-0.4, -0.2) is 43.5 Å². The molecule has 4 nitrogen and oxygen atoms in total. The van der Waals surface area contributed by atoms with Crippen molar-refractivity contribution in [2.45, 2.75) is 26.4 Å². The van der Waals surface area contributed by atoms with E-state index in [0.29, 0.717) is 17.6 Å². The highest BCUT2D eigenvalue weighted by molar-refractivity contribution is 6.33. The lowest BCUT2D eigenvalue weighted by molar-refractivity contribution is -0.129. The number of likely N-dealkylation sites (N-methyl/N-ethyl adjacent to an activating group) is 1. The summed E-state index contributed by atoms with van der Waals surface area (Å²) in [6, 6.07) is 6.51. The predicted octanol–water partition coefficient (Wildman–Crippen LogP) is 2.12. The second-order valence-electron chi connectivity index (χ2n) is 5.56. The first-order chi connectivity index (χ1) is 9.47. The molecule has 1 N–H and O–H groups in total. The highest BCUT2D eigenvalue weighted by Gasteiger charge is 2.22. The Morgan fingerprint density at radius 3 is 2.70 bits per heavy atom. The molecule has 1 amide bonds. The Balaban J connectivity index is 2.08. The summed E-state index contributed by atoms with van der Waals surface area (Å²) in [5.41, 5.74) is 2.11. The predicted molar refractivity (Wildman–Crippen MR) is 83.3 cm³/mol. The van der Waals surface area contributed by atoms with Crippen LogP contribution in [0.15, 0.2) is 18.2 Å². The maximum Gasteiger partial charge on any atom is 0.241 e. The molecule has 1 aliphatic rings. The van der Waals surface area contributed by atoms with E-state index in [4.69, 9.17) is 11.6 Å². The Morgan fingerprint density at radius 2 is 2.10 bits per heavy atom. The second-order valence-corrected chi connectivity index (χ2v) is 5.97. The fraction of sp³-hybridized carbons (Fsp3) is 0.533. The van der Waals surface area contributed by atoms with Crippen LogP contribution in [0.25, 0.3) is 0 Å². The molecule has 20 heavy (non-hydrogen) atoms. The molecule has 0 atom stereocenters. The maximum absolute atomic E-state index is 11.8. The minimum absolute atomic E-state index is 0.137. The summed E-state index contributed by atoms with van der Waals surface area (Å²) in [6.45, 7) is 7.01. The van der Waals surface area contributed by atoms with E-state index in [0.717, 1.165) is 30.9 Å². The summed E-state index contributed by atoms with van der Waals surface area (Å²) in [4.78, 5) is 15.6. The van der Waals surface area contributed by atoms with Crippen LogP contribution in [0.5, 0.6) is 0 Å². The van der Waals surface area contributed by atoms with Crippen molar-refractivity contribution in [1.82, 2.24) is 10.2 Å². The first kappa shape index (κ1) is 15.1. The number of piperazine rings is 1. The minimum atomic E-state index is 0.137. The lowest BCUT2D eigenvalue weighted by Crippen LogP contribution is -2.48. The Morgan fingerprint density at radius 1 is 1.35 bits per heavy atom. The zero-order chi connectivity index (χ0) is 14.7. The number of carbonyl (C=O) groups excluding carboxylic acids is 1. The standard InChI is InChI=1S/C15H22ClN3O/c1-11(2)17-9-12-4-5-14(13(16)8-12)19-7-6-18(3)15(20)10-19/h4-5,8,11,17H,6-7,9-10H2,1-3H3. The second kappa shape index (κ2) is 6.46. The normalized spacial score (nSPS) is 16.1. The molecule has 0 aromatic heterocycles. The van der Waals surface area contributed by atoms with E-state index >= 15 is 0 Å². The van der Waals surface area contributed by atoms with Gasteiger partial charge in [-0.2, -0.15) is 0 Å². The molecule has 1 heterocycles. The molecule has 1 aromatic carbocycles. The van der Waals surface area contributed by atoms with E-state index < -0.39 is 0 Å². The average molecular weight is 296 g/mol. The molecule has 1 saturated heterocycles. The van der Waals surface area contributed by atoms with Gasteiger partial charge >= 0.3 is 0 Å². The number of nitrogens with one attached hydrogen (secondary N) is 1. The van der Waals surface area contributed by atoms with Crippen molar-refractivity contribution >= 4 is 23.2 Å². The van der Waals surface area contributed by atoms with E-state index in [-0.39, 0.29) is 5.91 Å². The fourth-order valence-electron chi connectivity index (χ4n) is 2.20. The summed E-state index contributed by atoms with van der Waals surface area (Å²) < 4.78 is 0. The molecule has 2 rings (SSSR count). The third kappa shape index (κ3) is 3.64. The molecule has 0 spiro atoms. The van der Waals surface area contributed by atoms with E-state index in [1.807, 2.05) is 24.1 Å². The number of rotatable bonds is 4. The summed E-state index contributed by atoms with van der Waals surface area (Å²) in [5, 5.41) is 4.08. The largest absolute Gasteiger partial charge is 0.359 e. The fourth-order valence-corrected chi connectivity index (χ4v) is 2.53. The Bertz CT molecular complexity index is 490. The van der Waals surface area contributed by atoms with E-state index in [2.05, 4.69) is 25.2 Å². The molecule has 1 aromatic rings. The molecule has 0 aliphatic carbocycles. The van der Waals surface area contributed by atoms with Gasteiger partial charge < -0.3 is 15.1 Å². The molecule has 5 heteroatoms. The first-order valence-corrected chi connectivity index (χ1v) is 7.36. The average Bonchev–Trinajstić information content (AvgIpc) is 2.40. The number of halogens is 1. The number of carbonyl (C=O) groups is 1. The van der Waals surface area contributed by atoms with Crippen molar-refractivity contribution in [2.24, 2.45) is 0 Å². The first-order valence-electron chi connectivity index (χ1n) is 6.98. The van der Waals surface area contributed by atoms with E-state index in [1.165, 1.54) is 0 Å². The van der Waals surface area contributed by atoms with E-state index in [9.17, 15) is 4.79 Å².